The number of hydrogen-bond donors (Lipinski definition) is 2. The minimum atomic E-state index is -0.131. The molecule has 21 heavy (non-hydrogen) atoms. The fourth-order valence-corrected chi connectivity index (χ4v) is 3.89. The standard InChI is InChI=1S/C15H16BrN3OS/c16-12-4-2-1-3-11(12)14(20)19-15-18-9-13(21-15)10-5-7-17-8-6-10/h1-4,9-10,17H,5-8H2,(H,18,19,20). The van der Waals surface area contributed by atoms with Crippen LogP contribution in [0.15, 0.2) is 34.9 Å². The topological polar surface area (TPSA) is 54.0 Å². The van der Waals surface area contributed by atoms with Crippen LogP contribution in [0.3, 0.4) is 0 Å². The number of amides is 1. The molecule has 0 saturated carbocycles. The Bertz CT molecular complexity index is 637. The average Bonchev–Trinajstić information content (AvgIpc) is 2.97. The van der Waals surface area contributed by atoms with Gasteiger partial charge < -0.3 is 5.32 Å². The molecule has 1 fully saturated rings. The summed E-state index contributed by atoms with van der Waals surface area (Å²) in [6.45, 7) is 2.11. The van der Waals surface area contributed by atoms with Gasteiger partial charge in [0.1, 0.15) is 0 Å². The van der Waals surface area contributed by atoms with Gasteiger partial charge in [-0.1, -0.05) is 12.1 Å². The van der Waals surface area contributed by atoms with E-state index in [4.69, 9.17) is 0 Å². The number of piperidine rings is 1. The van der Waals surface area contributed by atoms with Crippen molar-refractivity contribution in [2.45, 2.75) is 18.8 Å². The number of nitrogens with one attached hydrogen (secondary N) is 2. The lowest BCUT2D eigenvalue weighted by atomic mass is 9.97. The summed E-state index contributed by atoms with van der Waals surface area (Å²) in [4.78, 5) is 17.8. The number of benzene rings is 1. The van der Waals surface area contributed by atoms with Gasteiger partial charge in [0.25, 0.3) is 5.91 Å². The van der Waals surface area contributed by atoms with Crippen LogP contribution in [0, 0.1) is 0 Å². The molecule has 110 valence electrons. The fourth-order valence-electron chi connectivity index (χ4n) is 2.45. The predicted molar refractivity (Wildman–Crippen MR) is 89.1 cm³/mol. The molecule has 1 aromatic heterocycles. The lowest BCUT2D eigenvalue weighted by molar-refractivity contribution is 0.102. The van der Waals surface area contributed by atoms with E-state index < -0.39 is 0 Å². The highest BCUT2D eigenvalue weighted by Gasteiger charge is 2.18. The van der Waals surface area contributed by atoms with E-state index in [1.165, 1.54) is 4.88 Å². The number of carbonyl (C=O) groups excluding carboxylic acids is 1. The summed E-state index contributed by atoms with van der Waals surface area (Å²) < 4.78 is 0.789. The molecular weight excluding hydrogens is 350 g/mol. The van der Waals surface area contributed by atoms with Gasteiger partial charge >= 0.3 is 0 Å². The summed E-state index contributed by atoms with van der Waals surface area (Å²) in [7, 11) is 0. The second-order valence-corrected chi connectivity index (χ2v) is 6.94. The van der Waals surface area contributed by atoms with Crippen molar-refractivity contribution in [1.29, 1.82) is 0 Å². The Morgan fingerprint density at radius 3 is 2.86 bits per heavy atom. The third-order valence-corrected chi connectivity index (χ3v) is 5.37. The smallest absolute Gasteiger partial charge is 0.258 e. The van der Waals surface area contributed by atoms with Crippen molar-refractivity contribution in [3.8, 4) is 0 Å². The highest BCUT2D eigenvalue weighted by Crippen LogP contribution is 2.32. The van der Waals surface area contributed by atoms with Crippen molar-refractivity contribution >= 4 is 38.3 Å². The van der Waals surface area contributed by atoms with Crippen molar-refractivity contribution in [1.82, 2.24) is 10.3 Å². The second kappa shape index (κ2) is 6.68. The number of halogens is 1. The minimum Gasteiger partial charge on any atom is -0.317 e. The fraction of sp³-hybridized carbons (Fsp3) is 0.333. The van der Waals surface area contributed by atoms with Crippen molar-refractivity contribution in [3.05, 3.63) is 45.4 Å². The highest BCUT2D eigenvalue weighted by atomic mass is 79.9. The van der Waals surface area contributed by atoms with Crippen LogP contribution in [0.5, 0.6) is 0 Å². The zero-order valence-corrected chi connectivity index (χ0v) is 13.8. The van der Waals surface area contributed by atoms with Crippen LogP contribution in [-0.4, -0.2) is 24.0 Å². The lowest BCUT2D eigenvalue weighted by Gasteiger charge is -2.20. The van der Waals surface area contributed by atoms with Crippen LogP contribution in [0.1, 0.15) is 34.0 Å². The maximum absolute atomic E-state index is 12.2. The molecule has 0 spiro atoms. The molecule has 0 atom stereocenters. The van der Waals surface area contributed by atoms with Gasteiger partial charge in [-0.3, -0.25) is 10.1 Å². The molecule has 1 aliphatic heterocycles. The van der Waals surface area contributed by atoms with Crippen molar-refractivity contribution in [3.63, 3.8) is 0 Å². The normalized spacial score (nSPS) is 15.9. The SMILES string of the molecule is O=C(Nc1ncc(C2CCNCC2)s1)c1ccccc1Br. The molecule has 2 aromatic rings. The van der Waals surface area contributed by atoms with Gasteiger partial charge in [0.2, 0.25) is 0 Å². The molecule has 0 aliphatic carbocycles. The third-order valence-electron chi connectivity index (χ3n) is 3.60. The van der Waals surface area contributed by atoms with Gasteiger partial charge in [0.05, 0.1) is 5.56 Å². The van der Waals surface area contributed by atoms with E-state index in [0.29, 0.717) is 16.6 Å². The monoisotopic (exact) mass is 365 g/mol. The Kier molecular flexibility index (Phi) is 4.67. The van der Waals surface area contributed by atoms with Crippen LogP contribution in [0.25, 0.3) is 0 Å². The number of thiazole rings is 1. The number of aromatic nitrogens is 1. The van der Waals surface area contributed by atoms with Crippen LogP contribution < -0.4 is 10.6 Å². The lowest BCUT2D eigenvalue weighted by Crippen LogP contribution is -2.26. The van der Waals surface area contributed by atoms with E-state index in [1.54, 1.807) is 17.4 Å². The molecule has 2 N–H and O–H groups in total. The summed E-state index contributed by atoms with van der Waals surface area (Å²) in [6, 6.07) is 7.39. The van der Waals surface area contributed by atoms with Crippen LogP contribution in [-0.2, 0) is 0 Å². The summed E-state index contributed by atoms with van der Waals surface area (Å²) >= 11 is 4.98. The zero-order valence-electron chi connectivity index (χ0n) is 11.4. The Labute approximate surface area is 136 Å². The van der Waals surface area contributed by atoms with E-state index in [1.807, 2.05) is 24.4 Å². The molecule has 3 rings (SSSR count). The zero-order chi connectivity index (χ0) is 14.7. The molecule has 0 bridgehead atoms. The van der Waals surface area contributed by atoms with Crippen LogP contribution in [0.2, 0.25) is 0 Å². The maximum Gasteiger partial charge on any atom is 0.258 e. The molecule has 0 unspecified atom stereocenters. The summed E-state index contributed by atoms with van der Waals surface area (Å²) in [5.41, 5.74) is 0.621. The molecule has 4 nitrogen and oxygen atoms in total. The van der Waals surface area contributed by atoms with Gasteiger partial charge in [0.15, 0.2) is 5.13 Å². The molecule has 0 radical (unpaired) electrons. The number of hydrogen-bond acceptors (Lipinski definition) is 4. The Hall–Kier alpha value is -1.24. The van der Waals surface area contributed by atoms with Gasteiger partial charge in [0, 0.05) is 15.5 Å². The Balaban J connectivity index is 1.69. The molecule has 6 heteroatoms. The number of anilines is 1. The Morgan fingerprint density at radius 1 is 1.33 bits per heavy atom. The van der Waals surface area contributed by atoms with Gasteiger partial charge in [-0.15, -0.1) is 11.3 Å². The van der Waals surface area contributed by atoms with E-state index in [0.717, 1.165) is 30.4 Å². The number of carbonyl (C=O) groups is 1. The van der Waals surface area contributed by atoms with Gasteiger partial charge in [-0.05, 0) is 59.9 Å². The van der Waals surface area contributed by atoms with Crippen molar-refractivity contribution < 1.29 is 4.79 Å². The first-order valence-corrected chi connectivity index (χ1v) is 8.57. The molecule has 1 amide bonds. The molecule has 1 saturated heterocycles. The summed E-state index contributed by atoms with van der Waals surface area (Å²) in [5.74, 6) is 0.437. The highest BCUT2D eigenvalue weighted by molar-refractivity contribution is 9.10. The quantitative estimate of drug-likeness (QED) is 0.872. The average molecular weight is 366 g/mol. The molecular formula is C15H16BrN3OS. The Morgan fingerprint density at radius 2 is 2.10 bits per heavy atom. The summed E-state index contributed by atoms with van der Waals surface area (Å²) in [5, 5.41) is 6.91. The van der Waals surface area contributed by atoms with Crippen LogP contribution >= 0.6 is 27.3 Å². The molecule has 2 heterocycles. The van der Waals surface area contributed by atoms with Crippen molar-refractivity contribution in [2.24, 2.45) is 0 Å². The first kappa shape index (κ1) is 14.7. The van der Waals surface area contributed by atoms with E-state index >= 15 is 0 Å². The van der Waals surface area contributed by atoms with E-state index in [9.17, 15) is 4.79 Å². The summed E-state index contributed by atoms with van der Waals surface area (Å²) in [6.07, 6.45) is 4.18. The van der Waals surface area contributed by atoms with Gasteiger partial charge in [-0.25, -0.2) is 4.98 Å². The number of nitrogens with zero attached hydrogens (tertiary/aromatic N) is 1. The third kappa shape index (κ3) is 3.51. The second-order valence-electron chi connectivity index (χ2n) is 5.03. The van der Waals surface area contributed by atoms with Crippen LogP contribution in [0.4, 0.5) is 5.13 Å². The predicted octanol–water partition coefficient (Wildman–Crippen LogP) is 3.62. The molecule has 1 aliphatic rings. The van der Waals surface area contributed by atoms with E-state index in [2.05, 4.69) is 31.5 Å². The van der Waals surface area contributed by atoms with Gasteiger partial charge in [-0.2, -0.15) is 0 Å². The minimum absolute atomic E-state index is 0.131. The largest absolute Gasteiger partial charge is 0.317 e. The number of rotatable bonds is 3. The van der Waals surface area contributed by atoms with E-state index in [-0.39, 0.29) is 5.91 Å². The molecule has 1 aromatic carbocycles. The van der Waals surface area contributed by atoms with Crippen molar-refractivity contribution in [2.75, 3.05) is 18.4 Å². The first-order valence-electron chi connectivity index (χ1n) is 6.96. The maximum atomic E-state index is 12.2. The first-order chi connectivity index (χ1) is 10.2.